The Morgan fingerprint density at radius 3 is 2.21 bits per heavy atom. The molecule has 1 saturated heterocycles. The molecule has 6 heteroatoms. The van der Waals surface area contributed by atoms with E-state index < -0.39 is 6.10 Å². The number of carbonyl (C=O) groups excluding carboxylic acids is 1. The number of epoxide rings is 1. The van der Waals surface area contributed by atoms with Crippen LogP contribution in [0.1, 0.15) is 22.0 Å². The van der Waals surface area contributed by atoms with E-state index in [9.17, 15) is 4.79 Å². The van der Waals surface area contributed by atoms with Crippen molar-refractivity contribution in [3.63, 3.8) is 0 Å². The van der Waals surface area contributed by atoms with Crippen LogP contribution in [0.5, 0.6) is 17.2 Å². The van der Waals surface area contributed by atoms with Crippen LogP contribution in [0.15, 0.2) is 40.9 Å². The molecule has 126 valence electrons. The highest BCUT2D eigenvalue weighted by molar-refractivity contribution is 9.10. The number of carbonyl (C=O) groups is 1. The van der Waals surface area contributed by atoms with Gasteiger partial charge in [-0.3, -0.25) is 4.79 Å². The van der Waals surface area contributed by atoms with E-state index in [2.05, 4.69) is 15.9 Å². The van der Waals surface area contributed by atoms with Gasteiger partial charge in [0, 0.05) is 10.0 Å². The van der Waals surface area contributed by atoms with E-state index in [-0.39, 0.29) is 11.9 Å². The highest BCUT2D eigenvalue weighted by Gasteiger charge is 2.46. The lowest BCUT2D eigenvalue weighted by Gasteiger charge is -2.10. The van der Waals surface area contributed by atoms with Gasteiger partial charge in [-0.1, -0.05) is 12.1 Å². The number of methoxy groups -OCH3 is 3. The number of ketones is 1. The summed E-state index contributed by atoms with van der Waals surface area (Å²) in [7, 11) is 4.70. The summed E-state index contributed by atoms with van der Waals surface area (Å²) in [5.74, 6) is 1.74. The second-order valence-corrected chi connectivity index (χ2v) is 6.16. The molecule has 5 nitrogen and oxygen atoms in total. The van der Waals surface area contributed by atoms with Crippen molar-refractivity contribution in [3.05, 3.63) is 52.0 Å². The lowest BCUT2D eigenvalue weighted by atomic mass is 10.0. The predicted molar refractivity (Wildman–Crippen MR) is 92.2 cm³/mol. The number of halogens is 1. The quantitative estimate of drug-likeness (QED) is 0.552. The van der Waals surface area contributed by atoms with Gasteiger partial charge in [-0.15, -0.1) is 0 Å². The molecular formula is C18H17BrO5. The van der Waals surface area contributed by atoms with E-state index in [1.54, 1.807) is 26.4 Å². The van der Waals surface area contributed by atoms with Crippen molar-refractivity contribution in [2.75, 3.05) is 21.3 Å². The van der Waals surface area contributed by atoms with Crippen LogP contribution < -0.4 is 14.2 Å². The van der Waals surface area contributed by atoms with Crippen molar-refractivity contribution in [2.24, 2.45) is 0 Å². The summed E-state index contributed by atoms with van der Waals surface area (Å²) < 4.78 is 21.9. The fourth-order valence-corrected chi connectivity index (χ4v) is 3.07. The molecule has 0 bridgehead atoms. The molecule has 1 fully saturated rings. The van der Waals surface area contributed by atoms with Crippen LogP contribution in [0.4, 0.5) is 0 Å². The van der Waals surface area contributed by atoms with Crippen LogP contribution in [0.25, 0.3) is 0 Å². The molecule has 1 aliphatic heterocycles. The van der Waals surface area contributed by atoms with E-state index in [0.717, 1.165) is 11.3 Å². The number of hydrogen-bond acceptors (Lipinski definition) is 5. The summed E-state index contributed by atoms with van der Waals surface area (Å²) >= 11 is 3.41. The predicted octanol–water partition coefficient (Wildman–Crippen LogP) is 3.80. The molecule has 0 aromatic heterocycles. The Bertz CT molecular complexity index is 757. The summed E-state index contributed by atoms with van der Waals surface area (Å²) in [6.07, 6.45) is -0.726. The van der Waals surface area contributed by atoms with Crippen LogP contribution in [-0.2, 0) is 4.74 Å². The maximum absolute atomic E-state index is 12.7. The van der Waals surface area contributed by atoms with Crippen molar-refractivity contribution in [3.8, 4) is 17.2 Å². The molecule has 2 aromatic rings. The minimum Gasteiger partial charge on any atom is -0.497 e. The van der Waals surface area contributed by atoms with Gasteiger partial charge in [0.1, 0.15) is 11.9 Å². The van der Waals surface area contributed by atoms with Crippen LogP contribution in [0, 0.1) is 0 Å². The smallest absolute Gasteiger partial charge is 0.195 e. The summed E-state index contributed by atoms with van der Waals surface area (Å²) in [5, 5.41) is 0. The summed E-state index contributed by atoms with van der Waals surface area (Å²) in [6, 6.07) is 10.9. The molecule has 1 aliphatic rings. The summed E-state index contributed by atoms with van der Waals surface area (Å²) in [4.78, 5) is 12.7. The fourth-order valence-electron chi connectivity index (χ4n) is 2.56. The molecule has 0 saturated carbocycles. The Labute approximate surface area is 148 Å². The minimum atomic E-state index is -0.493. The van der Waals surface area contributed by atoms with Crippen LogP contribution in [0.2, 0.25) is 0 Å². The first-order valence-electron chi connectivity index (χ1n) is 7.34. The second-order valence-electron chi connectivity index (χ2n) is 5.30. The third kappa shape index (κ3) is 3.12. The zero-order valence-corrected chi connectivity index (χ0v) is 15.1. The largest absolute Gasteiger partial charge is 0.497 e. The first-order chi connectivity index (χ1) is 11.6. The molecule has 0 N–H and O–H groups in total. The van der Waals surface area contributed by atoms with Gasteiger partial charge in [0.05, 0.1) is 21.3 Å². The third-order valence-corrected chi connectivity index (χ3v) is 4.59. The number of ether oxygens (including phenoxy) is 4. The van der Waals surface area contributed by atoms with Gasteiger partial charge in [0.2, 0.25) is 0 Å². The van der Waals surface area contributed by atoms with E-state index in [0.29, 0.717) is 21.5 Å². The Hall–Kier alpha value is -2.05. The maximum atomic E-state index is 12.7. The fraction of sp³-hybridized carbons (Fsp3) is 0.278. The third-order valence-electron chi connectivity index (χ3n) is 3.93. The normalized spacial score (nSPS) is 18.8. The lowest BCUT2D eigenvalue weighted by Crippen LogP contribution is -2.10. The topological polar surface area (TPSA) is 57.3 Å². The summed E-state index contributed by atoms with van der Waals surface area (Å²) in [5.41, 5.74) is 1.46. The van der Waals surface area contributed by atoms with Gasteiger partial charge < -0.3 is 18.9 Å². The Morgan fingerprint density at radius 2 is 1.62 bits per heavy atom. The average molecular weight is 393 g/mol. The van der Waals surface area contributed by atoms with E-state index in [1.165, 1.54) is 7.11 Å². The molecule has 1 heterocycles. The van der Waals surface area contributed by atoms with Gasteiger partial charge in [-0.25, -0.2) is 0 Å². The molecule has 24 heavy (non-hydrogen) atoms. The van der Waals surface area contributed by atoms with Crippen molar-refractivity contribution in [2.45, 2.75) is 12.2 Å². The van der Waals surface area contributed by atoms with E-state index in [4.69, 9.17) is 18.9 Å². The van der Waals surface area contributed by atoms with Crippen LogP contribution >= 0.6 is 15.9 Å². The molecule has 2 atom stereocenters. The number of hydrogen-bond donors (Lipinski definition) is 0. The van der Waals surface area contributed by atoms with Gasteiger partial charge in [-0.05, 0) is 45.8 Å². The summed E-state index contributed by atoms with van der Waals surface area (Å²) in [6.45, 7) is 0. The first-order valence-corrected chi connectivity index (χ1v) is 8.13. The Balaban J connectivity index is 1.80. The molecule has 0 radical (unpaired) electrons. The maximum Gasteiger partial charge on any atom is 0.195 e. The highest BCUT2D eigenvalue weighted by atomic mass is 79.9. The highest BCUT2D eigenvalue weighted by Crippen LogP contribution is 2.43. The molecule has 0 spiro atoms. The molecule has 0 unspecified atom stereocenters. The Morgan fingerprint density at radius 1 is 1.00 bits per heavy atom. The molecule has 3 rings (SSSR count). The molecular weight excluding hydrogens is 376 g/mol. The second kappa shape index (κ2) is 6.83. The van der Waals surface area contributed by atoms with Crippen LogP contribution in [0.3, 0.4) is 0 Å². The molecule has 0 amide bonds. The van der Waals surface area contributed by atoms with Crippen molar-refractivity contribution < 1.29 is 23.7 Å². The van der Waals surface area contributed by atoms with Gasteiger partial charge in [0.25, 0.3) is 0 Å². The zero-order chi connectivity index (χ0) is 17.3. The SMILES string of the molecule is COc1ccc([C@H]2O[C@@H]2C(=O)c2cc(OC)c(OC)cc2Br)cc1. The van der Waals surface area contributed by atoms with Gasteiger partial charge in [0.15, 0.2) is 23.4 Å². The van der Waals surface area contributed by atoms with E-state index >= 15 is 0 Å². The molecule has 2 aromatic carbocycles. The minimum absolute atomic E-state index is 0.0938. The van der Waals surface area contributed by atoms with Crippen molar-refractivity contribution in [1.82, 2.24) is 0 Å². The average Bonchev–Trinajstić information content (AvgIpc) is 3.41. The Kier molecular flexibility index (Phi) is 4.78. The standard InChI is InChI=1S/C18H17BrO5/c1-21-11-6-4-10(5-7-11)17-18(24-17)16(20)12-8-14(22-2)15(23-3)9-13(12)19/h4-9,17-18H,1-3H3/t17-,18-/m1/s1. The van der Waals surface area contributed by atoms with Crippen molar-refractivity contribution in [1.29, 1.82) is 0 Å². The van der Waals surface area contributed by atoms with Gasteiger partial charge >= 0.3 is 0 Å². The zero-order valence-electron chi connectivity index (χ0n) is 13.5. The number of rotatable bonds is 6. The van der Waals surface area contributed by atoms with E-state index in [1.807, 2.05) is 24.3 Å². The lowest BCUT2D eigenvalue weighted by molar-refractivity contribution is 0.0952. The van der Waals surface area contributed by atoms with Crippen molar-refractivity contribution >= 4 is 21.7 Å². The molecule has 0 aliphatic carbocycles. The van der Waals surface area contributed by atoms with Crippen LogP contribution in [-0.4, -0.2) is 33.2 Å². The first kappa shape index (κ1) is 16.8. The number of benzene rings is 2. The number of Topliss-reactive ketones (excluding diaryl/α,β-unsaturated/α-hetero) is 1. The monoisotopic (exact) mass is 392 g/mol. The van der Waals surface area contributed by atoms with Gasteiger partial charge in [-0.2, -0.15) is 0 Å².